The Balaban J connectivity index is 1.70. The lowest BCUT2D eigenvalue weighted by Gasteiger charge is -2.26. The van der Waals surface area contributed by atoms with Crippen LogP contribution in [0, 0.1) is 5.92 Å². The van der Waals surface area contributed by atoms with Gasteiger partial charge >= 0.3 is 0 Å². The van der Waals surface area contributed by atoms with Gasteiger partial charge in [0.1, 0.15) is 0 Å². The van der Waals surface area contributed by atoms with Crippen LogP contribution in [0.2, 0.25) is 0 Å². The Morgan fingerprint density at radius 2 is 1.83 bits per heavy atom. The number of hydrogen-bond donors (Lipinski definition) is 2. The first-order valence-electron chi connectivity index (χ1n) is 8.17. The first kappa shape index (κ1) is 14.3. The molecular weight excluding hydrogens is 222 g/mol. The largest absolute Gasteiger partial charge is 0.389 e. The number of aliphatic hydroxyl groups is 1. The van der Waals surface area contributed by atoms with Gasteiger partial charge in [-0.25, -0.2) is 0 Å². The van der Waals surface area contributed by atoms with Crippen LogP contribution in [0.25, 0.3) is 0 Å². The molecule has 2 aliphatic rings. The van der Waals surface area contributed by atoms with E-state index in [1.807, 2.05) is 0 Å². The molecule has 0 aliphatic heterocycles. The van der Waals surface area contributed by atoms with Crippen LogP contribution in [0.3, 0.4) is 0 Å². The maximum absolute atomic E-state index is 10.4. The minimum Gasteiger partial charge on any atom is -0.389 e. The zero-order valence-electron chi connectivity index (χ0n) is 12.1. The van der Waals surface area contributed by atoms with E-state index < -0.39 is 0 Å². The summed E-state index contributed by atoms with van der Waals surface area (Å²) < 4.78 is 0. The van der Waals surface area contributed by atoms with Crippen molar-refractivity contribution in [3.8, 4) is 0 Å². The Bertz CT molecular complexity index is 235. The van der Waals surface area contributed by atoms with E-state index in [4.69, 9.17) is 0 Å². The monoisotopic (exact) mass is 253 g/mol. The van der Waals surface area contributed by atoms with E-state index in [9.17, 15) is 5.11 Å². The molecule has 2 unspecified atom stereocenters. The van der Waals surface area contributed by atoms with Crippen LogP contribution in [0.1, 0.15) is 77.6 Å². The molecule has 2 aliphatic carbocycles. The molecule has 2 nitrogen and oxygen atoms in total. The lowest BCUT2D eigenvalue weighted by molar-refractivity contribution is 0.0442. The third kappa shape index (κ3) is 4.24. The normalized spacial score (nSPS) is 32.3. The molecule has 2 rings (SSSR count). The number of rotatable bonds is 5. The Labute approximate surface area is 113 Å². The third-order valence-electron chi connectivity index (χ3n) is 5.04. The molecular formula is C16H31NO. The van der Waals surface area contributed by atoms with Gasteiger partial charge in [-0.2, -0.15) is 0 Å². The zero-order valence-corrected chi connectivity index (χ0v) is 12.1. The molecule has 0 aromatic carbocycles. The van der Waals surface area contributed by atoms with E-state index in [1.54, 1.807) is 0 Å². The highest BCUT2D eigenvalue weighted by atomic mass is 16.3. The van der Waals surface area contributed by atoms with E-state index in [0.29, 0.717) is 6.04 Å². The van der Waals surface area contributed by atoms with E-state index in [-0.39, 0.29) is 5.60 Å². The van der Waals surface area contributed by atoms with Gasteiger partial charge < -0.3 is 10.4 Å². The van der Waals surface area contributed by atoms with Crippen LogP contribution in [-0.4, -0.2) is 23.3 Å². The van der Waals surface area contributed by atoms with E-state index in [1.165, 1.54) is 57.8 Å². The maximum atomic E-state index is 10.4. The average Bonchev–Trinajstić information content (AvgIpc) is 2.66. The molecule has 18 heavy (non-hydrogen) atoms. The zero-order chi connectivity index (χ0) is 12.8. The smallest absolute Gasteiger partial charge is 0.0771 e. The Morgan fingerprint density at radius 1 is 1.06 bits per heavy atom. The second-order valence-electron chi connectivity index (χ2n) is 6.67. The predicted octanol–water partition coefficient (Wildman–Crippen LogP) is 3.63. The van der Waals surface area contributed by atoms with Crippen LogP contribution in [0.4, 0.5) is 0 Å². The Morgan fingerprint density at radius 3 is 2.56 bits per heavy atom. The Hall–Kier alpha value is -0.0800. The molecule has 0 heterocycles. The second kappa shape index (κ2) is 6.91. The summed E-state index contributed by atoms with van der Waals surface area (Å²) in [5, 5.41) is 14.0. The molecule has 0 bridgehead atoms. The van der Waals surface area contributed by atoms with E-state index in [2.05, 4.69) is 12.2 Å². The molecule has 2 fully saturated rings. The molecule has 0 radical (unpaired) electrons. The van der Waals surface area contributed by atoms with Crippen LogP contribution < -0.4 is 5.32 Å². The summed E-state index contributed by atoms with van der Waals surface area (Å²) in [6, 6.07) is 0.663. The highest BCUT2D eigenvalue weighted by Gasteiger charge is 2.31. The van der Waals surface area contributed by atoms with Gasteiger partial charge in [-0.3, -0.25) is 0 Å². The van der Waals surface area contributed by atoms with Crippen molar-refractivity contribution in [3.05, 3.63) is 0 Å². The molecule has 0 saturated heterocycles. The van der Waals surface area contributed by atoms with Gasteiger partial charge in [-0.15, -0.1) is 0 Å². The molecule has 106 valence electrons. The maximum Gasteiger partial charge on any atom is 0.0771 e. The summed E-state index contributed by atoms with van der Waals surface area (Å²) in [7, 11) is 0. The number of nitrogens with one attached hydrogen (secondary N) is 1. The molecule has 2 N–H and O–H groups in total. The van der Waals surface area contributed by atoms with Gasteiger partial charge in [0, 0.05) is 12.6 Å². The summed E-state index contributed by atoms with van der Waals surface area (Å²) in [5.41, 5.74) is -0.380. The standard InChI is InChI=1S/C16H31NO/c1-2-6-14-7-5-8-15(10-9-14)17-13-16(18)11-3-4-12-16/h14-15,17-18H,2-13H2,1H3. The molecule has 2 saturated carbocycles. The van der Waals surface area contributed by atoms with Crippen molar-refractivity contribution in [1.29, 1.82) is 0 Å². The van der Waals surface area contributed by atoms with Crippen molar-refractivity contribution in [3.63, 3.8) is 0 Å². The molecule has 2 heteroatoms. The predicted molar refractivity (Wildman–Crippen MR) is 76.7 cm³/mol. The lowest BCUT2D eigenvalue weighted by atomic mass is 9.95. The van der Waals surface area contributed by atoms with Crippen molar-refractivity contribution < 1.29 is 5.11 Å². The van der Waals surface area contributed by atoms with E-state index in [0.717, 1.165) is 25.3 Å². The van der Waals surface area contributed by atoms with Crippen molar-refractivity contribution in [2.45, 2.75) is 89.2 Å². The fraction of sp³-hybridized carbons (Fsp3) is 1.00. The van der Waals surface area contributed by atoms with Crippen molar-refractivity contribution >= 4 is 0 Å². The first-order valence-corrected chi connectivity index (χ1v) is 8.17. The topological polar surface area (TPSA) is 32.3 Å². The fourth-order valence-electron chi connectivity index (χ4n) is 3.82. The van der Waals surface area contributed by atoms with Gasteiger partial charge in [-0.1, -0.05) is 45.4 Å². The molecule has 0 aromatic heterocycles. The van der Waals surface area contributed by atoms with Gasteiger partial charge in [0.25, 0.3) is 0 Å². The average molecular weight is 253 g/mol. The van der Waals surface area contributed by atoms with Crippen molar-refractivity contribution in [2.75, 3.05) is 6.54 Å². The molecule has 0 aromatic rings. The second-order valence-corrected chi connectivity index (χ2v) is 6.67. The van der Waals surface area contributed by atoms with Crippen molar-refractivity contribution in [2.24, 2.45) is 5.92 Å². The molecule has 2 atom stereocenters. The SMILES string of the molecule is CCCC1CCCC(NCC2(O)CCCC2)CC1. The summed E-state index contributed by atoms with van der Waals surface area (Å²) in [4.78, 5) is 0. The van der Waals surface area contributed by atoms with Gasteiger partial charge in [0.2, 0.25) is 0 Å². The minimum atomic E-state index is -0.380. The minimum absolute atomic E-state index is 0.380. The van der Waals surface area contributed by atoms with Crippen LogP contribution in [0.15, 0.2) is 0 Å². The van der Waals surface area contributed by atoms with Gasteiger partial charge in [0.05, 0.1) is 5.60 Å². The quantitative estimate of drug-likeness (QED) is 0.733. The summed E-state index contributed by atoms with van der Waals surface area (Å²) >= 11 is 0. The van der Waals surface area contributed by atoms with Crippen molar-refractivity contribution in [1.82, 2.24) is 5.32 Å². The van der Waals surface area contributed by atoms with Crippen LogP contribution in [-0.2, 0) is 0 Å². The summed E-state index contributed by atoms with van der Waals surface area (Å²) in [5.74, 6) is 0.969. The molecule has 0 spiro atoms. The summed E-state index contributed by atoms with van der Waals surface area (Å²) in [6.07, 6.45) is 14.0. The lowest BCUT2D eigenvalue weighted by Crippen LogP contribution is -2.42. The highest BCUT2D eigenvalue weighted by molar-refractivity contribution is 4.88. The fourth-order valence-corrected chi connectivity index (χ4v) is 3.82. The van der Waals surface area contributed by atoms with Gasteiger partial charge in [0.15, 0.2) is 0 Å². The van der Waals surface area contributed by atoms with E-state index >= 15 is 0 Å². The Kier molecular flexibility index (Phi) is 5.50. The first-order chi connectivity index (χ1) is 8.72. The molecule has 0 amide bonds. The third-order valence-corrected chi connectivity index (χ3v) is 5.04. The number of hydrogen-bond acceptors (Lipinski definition) is 2. The van der Waals surface area contributed by atoms with Crippen LogP contribution >= 0.6 is 0 Å². The highest BCUT2D eigenvalue weighted by Crippen LogP contribution is 2.30. The van der Waals surface area contributed by atoms with Gasteiger partial charge in [-0.05, 0) is 38.0 Å². The van der Waals surface area contributed by atoms with Crippen LogP contribution in [0.5, 0.6) is 0 Å². The summed E-state index contributed by atoms with van der Waals surface area (Å²) in [6.45, 7) is 3.13.